The summed E-state index contributed by atoms with van der Waals surface area (Å²) in [6.45, 7) is 0. The number of nitrogens with zero attached hydrogens (tertiary/aromatic N) is 2. The van der Waals surface area contributed by atoms with Gasteiger partial charge in [0.2, 0.25) is 0 Å². The number of nitrogens with one attached hydrogen (secondary N) is 1. The second-order valence-corrected chi connectivity index (χ2v) is 8.60. The largest absolute Gasteiger partial charge is 0.612 e. The third kappa shape index (κ3) is 4.30. The average molecular weight is 406 g/mol. The van der Waals surface area contributed by atoms with Crippen molar-refractivity contribution < 1.29 is 4.55 Å². The first-order valence-corrected chi connectivity index (χ1v) is 11.4. The fraction of sp³-hybridized carbons (Fsp3) is 0.0909. The fourth-order valence-corrected chi connectivity index (χ4v) is 4.23. The van der Waals surface area contributed by atoms with Crippen molar-refractivity contribution in [1.82, 2.24) is 15.0 Å². The Hall–Kier alpha value is -2.54. The molecule has 1 unspecified atom stereocenters. The molecule has 4 aromatic rings. The SMILES string of the molecule is C[S+]([O-])c1ccc(CSc2nc(-c3ccccc3)c(-c3ccncc3)[nH]2)cc1. The maximum absolute atomic E-state index is 11.5. The minimum absolute atomic E-state index is 0.786. The van der Waals surface area contributed by atoms with Crippen LogP contribution in [0.5, 0.6) is 0 Å². The van der Waals surface area contributed by atoms with Crippen molar-refractivity contribution in [2.45, 2.75) is 15.8 Å². The molecule has 0 aliphatic heterocycles. The second-order valence-electron chi connectivity index (χ2n) is 6.25. The van der Waals surface area contributed by atoms with E-state index in [1.165, 1.54) is 5.56 Å². The summed E-state index contributed by atoms with van der Waals surface area (Å²) in [5.74, 6) is 0.786. The number of pyridine rings is 1. The third-order valence-corrected chi connectivity index (χ3v) is 6.21. The Morgan fingerprint density at radius 1 is 0.929 bits per heavy atom. The predicted octanol–water partition coefficient (Wildman–Crippen LogP) is 5.17. The van der Waals surface area contributed by atoms with Crippen molar-refractivity contribution in [1.29, 1.82) is 0 Å². The topological polar surface area (TPSA) is 64.6 Å². The minimum Gasteiger partial charge on any atom is -0.612 e. The molecule has 2 aromatic heterocycles. The van der Waals surface area contributed by atoms with Gasteiger partial charge in [0.15, 0.2) is 10.1 Å². The summed E-state index contributed by atoms with van der Waals surface area (Å²) in [6, 6.07) is 22.0. The molecular weight excluding hydrogens is 386 g/mol. The molecule has 0 bridgehead atoms. The van der Waals surface area contributed by atoms with E-state index in [4.69, 9.17) is 4.98 Å². The van der Waals surface area contributed by atoms with E-state index in [1.54, 1.807) is 30.4 Å². The molecule has 0 aliphatic carbocycles. The summed E-state index contributed by atoms with van der Waals surface area (Å²) in [5.41, 5.74) is 5.23. The lowest BCUT2D eigenvalue weighted by Crippen LogP contribution is -1.96. The van der Waals surface area contributed by atoms with Crippen molar-refractivity contribution in [3.63, 3.8) is 0 Å². The number of hydrogen-bond acceptors (Lipinski definition) is 4. The summed E-state index contributed by atoms with van der Waals surface area (Å²) >= 11 is 0.704. The van der Waals surface area contributed by atoms with Gasteiger partial charge in [-0.05, 0) is 41.0 Å². The molecule has 1 atom stereocenters. The van der Waals surface area contributed by atoms with Crippen molar-refractivity contribution in [2.24, 2.45) is 0 Å². The van der Waals surface area contributed by atoms with Gasteiger partial charge in [0.1, 0.15) is 6.26 Å². The van der Waals surface area contributed by atoms with Gasteiger partial charge >= 0.3 is 0 Å². The van der Waals surface area contributed by atoms with Crippen LogP contribution in [0.15, 0.2) is 89.2 Å². The summed E-state index contributed by atoms with van der Waals surface area (Å²) in [7, 11) is 0. The van der Waals surface area contributed by atoms with Crippen molar-refractivity contribution in [3.8, 4) is 22.5 Å². The number of hydrogen-bond donors (Lipinski definition) is 1. The molecule has 0 saturated heterocycles. The number of aromatic amines is 1. The zero-order chi connectivity index (χ0) is 19.3. The van der Waals surface area contributed by atoms with Crippen LogP contribution in [0.2, 0.25) is 0 Å². The highest BCUT2D eigenvalue weighted by Crippen LogP contribution is 2.33. The van der Waals surface area contributed by atoms with Gasteiger partial charge in [-0.3, -0.25) is 4.98 Å². The molecule has 0 amide bonds. The highest BCUT2D eigenvalue weighted by atomic mass is 32.2. The molecule has 0 aliphatic rings. The molecule has 6 heteroatoms. The Morgan fingerprint density at radius 3 is 2.32 bits per heavy atom. The van der Waals surface area contributed by atoms with Crippen LogP contribution >= 0.6 is 11.8 Å². The molecule has 28 heavy (non-hydrogen) atoms. The van der Waals surface area contributed by atoms with Gasteiger partial charge in [-0.1, -0.05) is 54.2 Å². The van der Waals surface area contributed by atoms with Gasteiger partial charge in [0.25, 0.3) is 0 Å². The van der Waals surface area contributed by atoms with Gasteiger partial charge in [-0.25, -0.2) is 4.98 Å². The van der Waals surface area contributed by atoms with Crippen LogP contribution in [0.25, 0.3) is 22.5 Å². The van der Waals surface area contributed by atoms with E-state index in [0.29, 0.717) is 0 Å². The van der Waals surface area contributed by atoms with E-state index in [0.717, 1.165) is 38.3 Å². The number of thioether (sulfide) groups is 1. The van der Waals surface area contributed by atoms with Gasteiger partial charge in [0.05, 0.1) is 11.4 Å². The van der Waals surface area contributed by atoms with E-state index in [2.05, 4.69) is 22.1 Å². The Bertz CT molecular complexity index is 976. The van der Waals surface area contributed by atoms with Gasteiger partial charge in [0, 0.05) is 29.3 Å². The normalized spacial score (nSPS) is 12.1. The van der Waals surface area contributed by atoms with Crippen LogP contribution in [0.3, 0.4) is 0 Å². The van der Waals surface area contributed by atoms with Crippen LogP contribution in [0, 0.1) is 0 Å². The first-order chi connectivity index (χ1) is 13.7. The molecular formula is C22H19N3OS2. The van der Waals surface area contributed by atoms with E-state index in [9.17, 15) is 4.55 Å². The Kier molecular flexibility index (Phi) is 5.81. The highest BCUT2D eigenvalue weighted by Gasteiger charge is 2.14. The molecule has 0 saturated carbocycles. The molecule has 4 nitrogen and oxygen atoms in total. The van der Waals surface area contributed by atoms with E-state index in [-0.39, 0.29) is 0 Å². The zero-order valence-electron chi connectivity index (χ0n) is 15.3. The quantitative estimate of drug-likeness (QED) is 0.355. The maximum Gasteiger partial charge on any atom is 0.166 e. The van der Waals surface area contributed by atoms with Gasteiger partial charge in [-0.2, -0.15) is 0 Å². The Labute approximate surface area is 171 Å². The third-order valence-electron chi connectivity index (χ3n) is 4.33. The monoisotopic (exact) mass is 405 g/mol. The minimum atomic E-state index is -0.950. The molecule has 2 heterocycles. The first-order valence-electron chi connectivity index (χ1n) is 8.82. The highest BCUT2D eigenvalue weighted by molar-refractivity contribution is 7.98. The number of rotatable bonds is 6. The van der Waals surface area contributed by atoms with E-state index < -0.39 is 11.2 Å². The summed E-state index contributed by atoms with van der Waals surface area (Å²) in [6.07, 6.45) is 5.27. The van der Waals surface area contributed by atoms with Gasteiger partial charge in [-0.15, -0.1) is 0 Å². The maximum atomic E-state index is 11.5. The summed E-state index contributed by atoms with van der Waals surface area (Å²) in [4.78, 5) is 13.3. The van der Waals surface area contributed by atoms with Crippen molar-refractivity contribution in [3.05, 3.63) is 84.7 Å². The number of H-pyrrole nitrogens is 1. The number of imidazole rings is 1. The summed E-state index contributed by atoms with van der Waals surface area (Å²) in [5, 5.41) is 0.869. The van der Waals surface area contributed by atoms with Crippen LogP contribution in [-0.2, 0) is 16.9 Å². The summed E-state index contributed by atoms with van der Waals surface area (Å²) < 4.78 is 11.5. The smallest absolute Gasteiger partial charge is 0.166 e. The van der Waals surface area contributed by atoms with Crippen molar-refractivity contribution in [2.75, 3.05) is 6.26 Å². The number of benzene rings is 2. The lowest BCUT2D eigenvalue weighted by atomic mass is 10.1. The Balaban J connectivity index is 1.60. The second kappa shape index (κ2) is 8.65. The molecule has 0 spiro atoms. The van der Waals surface area contributed by atoms with E-state index in [1.807, 2.05) is 54.6 Å². The molecule has 4 rings (SSSR count). The van der Waals surface area contributed by atoms with E-state index >= 15 is 0 Å². The lowest BCUT2D eigenvalue weighted by molar-refractivity contribution is 0.601. The molecule has 0 radical (unpaired) electrons. The van der Waals surface area contributed by atoms with Crippen LogP contribution in [0.4, 0.5) is 0 Å². The predicted molar refractivity (Wildman–Crippen MR) is 116 cm³/mol. The zero-order valence-corrected chi connectivity index (χ0v) is 17.0. The van der Waals surface area contributed by atoms with Crippen LogP contribution in [-0.4, -0.2) is 25.8 Å². The van der Waals surface area contributed by atoms with Crippen LogP contribution in [0.1, 0.15) is 5.56 Å². The van der Waals surface area contributed by atoms with Gasteiger partial charge < -0.3 is 9.54 Å². The lowest BCUT2D eigenvalue weighted by Gasteiger charge is -2.04. The Morgan fingerprint density at radius 2 is 1.64 bits per heavy atom. The standard InChI is InChI=1S/C22H19N3OS2/c1-28(26)19-9-7-16(8-10-19)15-27-22-24-20(17-5-3-2-4-6-17)21(25-22)18-11-13-23-14-12-18/h2-14H,15H2,1H3,(H,24,25). The van der Waals surface area contributed by atoms with Crippen molar-refractivity contribution >= 4 is 22.9 Å². The average Bonchev–Trinajstić information content (AvgIpc) is 3.18. The molecule has 2 aromatic carbocycles. The molecule has 0 fully saturated rings. The first kappa shape index (κ1) is 18.8. The van der Waals surface area contributed by atoms with Crippen LogP contribution < -0.4 is 0 Å². The molecule has 140 valence electrons. The molecule has 1 N–H and O–H groups in total. The fourth-order valence-electron chi connectivity index (χ4n) is 2.88. The number of aromatic nitrogens is 3.